The maximum absolute atomic E-state index is 12.9. The van der Waals surface area contributed by atoms with Crippen LogP contribution in [0.1, 0.15) is 23.9 Å². The highest BCUT2D eigenvalue weighted by Crippen LogP contribution is 2.36. The smallest absolute Gasteiger partial charge is 0.227 e. The maximum atomic E-state index is 12.9. The van der Waals surface area contributed by atoms with Crippen LogP contribution in [-0.2, 0) is 22.4 Å². The van der Waals surface area contributed by atoms with Crippen molar-refractivity contribution in [2.24, 2.45) is 5.92 Å². The van der Waals surface area contributed by atoms with E-state index in [0.29, 0.717) is 23.6 Å². The van der Waals surface area contributed by atoms with Crippen molar-refractivity contribution in [2.45, 2.75) is 26.2 Å². The maximum Gasteiger partial charge on any atom is 0.227 e. The second kappa shape index (κ2) is 9.13. The topological polar surface area (TPSA) is 84.0 Å². The van der Waals surface area contributed by atoms with E-state index in [4.69, 9.17) is 14.5 Å². The summed E-state index contributed by atoms with van der Waals surface area (Å²) in [5.41, 5.74) is 1.76. The summed E-state index contributed by atoms with van der Waals surface area (Å²) in [6.45, 7) is 4.67. The summed E-state index contributed by atoms with van der Waals surface area (Å²) in [5.74, 6) is 1.29. The molecule has 2 amide bonds. The Bertz CT molecular complexity index is 968. The number of carbonyl (C=O) groups is 2. The summed E-state index contributed by atoms with van der Waals surface area (Å²) in [7, 11) is 3.17. The molecule has 1 unspecified atom stereocenters. The Labute approximate surface area is 186 Å². The highest BCUT2D eigenvalue weighted by Gasteiger charge is 2.30. The first-order chi connectivity index (χ1) is 15.0. The summed E-state index contributed by atoms with van der Waals surface area (Å²) in [4.78, 5) is 34.7. The normalized spacial score (nSPS) is 18.4. The SMILES string of the molecule is COc1ccc(NC(=O)C2CCc3nc(N4CCN(C(C)=O)CC4)sc3C2)c(OC)c1. The van der Waals surface area contributed by atoms with Gasteiger partial charge in [0, 0.05) is 50.0 Å². The van der Waals surface area contributed by atoms with Crippen molar-refractivity contribution in [2.75, 3.05) is 50.6 Å². The lowest BCUT2D eigenvalue weighted by molar-refractivity contribution is -0.129. The molecule has 1 fully saturated rings. The van der Waals surface area contributed by atoms with Gasteiger partial charge in [-0.25, -0.2) is 4.98 Å². The van der Waals surface area contributed by atoms with Gasteiger partial charge < -0.3 is 24.6 Å². The van der Waals surface area contributed by atoms with Crippen molar-refractivity contribution >= 4 is 34.0 Å². The molecule has 0 bridgehead atoms. The minimum Gasteiger partial charge on any atom is -0.497 e. The highest BCUT2D eigenvalue weighted by atomic mass is 32.1. The highest BCUT2D eigenvalue weighted by molar-refractivity contribution is 7.15. The van der Waals surface area contributed by atoms with Crippen LogP contribution in [0, 0.1) is 5.92 Å². The second-order valence-electron chi connectivity index (χ2n) is 7.85. The number of aryl methyl sites for hydroxylation is 1. The zero-order chi connectivity index (χ0) is 22.0. The van der Waals surface area contributed by atoms with Gasteiger partial charge in [-0.05, 0) is 31.4 Å². The van der Waals surface area contributed by atoms with E-state index in [0.717, 1.165) is 49.8 Å². The van der Waals surface area contributed by atoms with Gasteiger partial charge in [0.25, 0.3) is 0 Å². The lowest BCUT2D eigenvalue weighted by Gasteiger charge is -2.33. The molecule has 166 valence electrons. The molecular weight excluding hydrogens is 416 g/mol. The zero-order valence-electron chi connectivity index (χ0n) is 18.1. The predicted molar refractivity (Wildman–Crippen MR) is 120 cm³/mol. The van der Waals surface area contributed by atoms with E-state index < -0.39 is 0 Å². The van der Waals surface area contributed by atoms with Crippen LogP contribution >= 0.6 is 11.3 Å². The van der Waals surface area contributed by atoms with Gasteiger partial charge in [0.05, 0.1) is 25.6 Å². The fraction of sp³-hybridized carbons (Fsp3) is 0.500. The number of hydrogen-bond acceptors (Lipinski definition) is 7. The van der Waals surface area contributed by atoms with Gasteiger partial charge in [-0.3, -0.25) is 9.59 Å². The number of ether oxygens (including phenoxy) is 2. The first-order valence-corrected chi connectivity index (χ1v) is 11.3. The zero-order valence-corrected chi connectivity index (χ0v) is 19.0. The second-order valence-corrected chi connectivity index (χ2v) is 8.92. The van der Waals surface area contributed by atoms with Gasteiger partial charge in [-0.15, -0.1) is 11.3 Å². The summed E-state index contributed by atoms with van der Waals surface area (Å²) >= 11 is 1.68. The number of anilines is 2. The third-order valence-electron chi connectivity index (χ3n) is 5.96. The lowest BCUT2D eigenvalue weighted by atomic mass is 9.90. The van der Waals surface area contributed by atoms with Crippen molar-refractivity contribution < 1.29 is 19.1 Å². The van der Waals surface area contributed by atoms with E-state index in [-0.39, 0.29) is 17.7 Å². The number of carbonyl (C=O) groups excluding carboxylic acids is 2. The van der Waals surface area contributed by atoms with Crippen LogP contribution < -0.4 is 19.7 Å². The van der Waals surface area contributed by atoms with Gasteiger partial charge in [0.2, 0.25) is 11.8 Å². The largest absolute Gasteiger partial charge is 0.497 e. The average molecular weight is 445 g/mol. The Morgan fingerprint density at radius 2 is 1.94 bits per heavy atom. The molecule has 2 heterocycles. The van der Waals surface area contributed by atoms with E-state index in [2.05, 4.69) is 10.2 Å². The minimum atomic E-state index is -0.0952. The molecule has 31 heavy (non-hydrogen) atoms. The Kier molecular flexibility index (Phi) is 6.31. The molecule has 4 rings (SSSR count). The van der Waals surface area contributed by atoms with Gasteiger partial charge in [-0.2, -0.15) is 0 Å². The Morgan fingerprint density at radius 1 is 1.16 bits per heavy atom. The van der Waals surface area contributed by atoms with Crippen LogP contribution in [-0.4, -0.2) is 62.1 Å². The monoisotopic (exact) mass is 444 g/mol. The first kappa shape index (κ1) is 21.4. The van der Waals surface area contributed by atoms with Crippen molar-refractivity contribution in [3.05, 3.63) is 28.8 Å². The van der Waals surface area contributed by atoms with E-state index >= 15 is 0 Å². The molecular formula is C22H28N4O4S. The molecule has 1 N–H and O–H groups in total. The van der Waals surface area contributed by atoms with Crippen molar-refractivity contribution in [3.8, 4) is 11.5 Å². The lowest BCUT2D eigenvalue weighted by Crippen LogP contribution is -2.48. The number of thiazole rings is 1. The molecule has 1 aromatic heterocycles. The third-order valence-corrected chi connectivity index (χ3v) is 7.14. The van der Waals surface area contributed by atoms with E-state index in [1.165, 1.54) is 4.88 Å². The Balaban J connectivity index is 1.40. The minimum absolute atomic E-state index is 0.000797. The van der Waals surface area contributed by atoms with Gasteiger partial charge in [-0.1, -0.05) is 0 Å². The van der Waals surface area contributed by atoms with Gasteiger partial charge >= 0.3 is 0 Å². The van der Waals surface area contributed by atoms with Crippen LogP contribution in [0.15, 0.2) is 18.2 Å². The van der Waals surface area contributed by atoms with Gasteiger partial charge in [0.1, 0.15) is 11.5 Å². The molecule has 1 saturated heterocycles. The summed E-state index contributed by atoms with van der Waals surface area (Å²) in [5, 5.41) is 4.02. The molecule has 1 aromatic carbocycles. The molecule has 9 heteroatoms. The van der Waals surface area contributed by atoms with E-state index in [9.17, 15) is 9.59 Å². The molecule has 0 spiro atoms. The van der Waals surface area contributed by atoms with Crippen molar-refractivity contribution in [1.29, 1.82) is 0 Å². The Hall–Kier alpha value is -2.81. The van der Waals surface area contributed by atoms with Crippen LogP contribution in [0.5, 0.6) is 11.5 Å². The number of benzene rings is 1. The van der Waals surface area contributed by atoms with Crippen LogP contribution in [0.25, 0.3) is 0 Å². The fourth-order valence-electron chi connectivity index (χ4n) is 4.07. The predicted octanol–water partition coefficient (Wildman–Crippen LogP) is 2.57. The number of nitrogens with zero attached hydrogens (tertiary/aromatic N) is 3. The molecule has 8 nitrogen and oxygen atoms in total. The number of rotatable bonds is 5. The van der Waals surface area contributed by atoms with Crippen LogP contribution in [0.4, 0.5) is 10.8 Å². The number of aromatic nitrogens is 1. The summed E-state index contributed by atoms with van der Waals surface area (Å²) < 4.78 is 10.6. The molecule has 1 atom stereocenters. The first-order valence-electron chi connectivity index (χ1n) is 10.5. The third kappa shape index (κ3) is 4.61. The fourth-order valence-corrected chi connectivity index (χ4v) is 5.31. The van der Waals surface area contributed by atoms with Gasteiger partial charge in [0.15, 0.2) is 5.13 Å². The number of amides is 2. The number of nitrogens with one attached hydrogen (secondary N) is 1. The summed E-state index contributed by atoms with van der Waals surface area (Å²) in [6, 6.07) is 5.36. The number of fused-ring (bicyclic) bond motifs is 1. The molecule has 0 radical (unpaired) electrons. The average Bonchev–Trinajstić information content (AvgIpc) is 3.22. The van der Waals surface area contributed by atoms with Crippen molar-refractivity contribution in [1.82, 2.24) is 9.88 Å². The number of hydrogen-bond donors (Lipinski definition) is 1. The van der Waals surface area contributed by atoms with E-state index in [1.807, 2.05) is 4.90 Å². The number of piperazine rings is 1. The molecule has 2 aliphatic rings. The molecule has 1 aliphatic carbocycles. The molecule has 0 saturated carbocycles. The number of methoxy groups -OCH3 is 2. The van der Waals surface area contributed by atoms with Crippen LogP contribution in [0.3, 0.4) is 0 Å². The summed E-state index contributed by atoms with van der Waals surface area (Å²) in [6.07, 6.45) is 2.28. The molecule has 1 aliphatic heterocycles. The quantitative estimate of drug-likeness (QED) is 0.763. The standard InChI is InChI=1S/C22H28N4O4S/c1-14(27)25-8-10-26(11-9-25)22-24-18-6-4-15(12-20(18)31-22)21(28)23-17-7-5-16(29-2)13-19(17)30-3/h5,7,13,15H,4,6,8-12H2,1-3H3,(H,23,28). The molecule has 2 aromatic rings. The van der Waals surface area contributed by atoms with Crippen molar-refractivity contribution in [3.63, 3.8) is 0 Å². The van der Waals surface area contributed by atoms with E-state index in [1.54, 1.807) is 50.7 Å². The van der Waals surface area contributed by atoms with Crippen LogP contribution in [0.2, 0.25) is 0 Å². The Morgan fingerprint density at radius 3 is 2.61 bits per heavy atom.